The van der Waals surface area contributed by atoms with Gasteiger partial charge in [0.25, 0.3) is 5.91 Å². The molecule has 178 valence electrons. The molecule has 2 aliphatic rings. The number of hydrogen-bond acceptors (Lipinski definition) is 5. The second-order valence-corrected chi connectivity index (χ2v) is 8.22. The van der Waals surface area contributed by atoms with E-state index in [9.17, 15) is 14.0 Å². The Kier molecular flexibility index (Phi) is 6.10. The Morgan fingerprint density at radius 1 is 1.03 bits per heavy atom. The highest BCUT2D eigenvalue weighted by Crippen LogP contribution is 2.36. The number of rotatable bonds is 5. The fourth-order valence-electron chi connectivity index (χ4n) is 4.01. The first kappa shape index (κ1) is 22.5. The van der Waals surface area contributed by atoms with Gasteiger partial charge in [-0.3, -0.25) is 14.5 Å². The largest absolute Gasteiger partial charge is 0.486 e. The third kappa shape index (κ3) is 4.82. The summed E-state index contributed by atoms with van der Waals surface area (Å²) < 4.78 is 30.6. The van der Waals surface area contributed by atoms with Gasteiger partial charge < -0.3 is 19.5 Å². The van der Waals surface area contributed by atoms with Crippen molar-refractivity contribution in [2.75, 3.05) is 24.7 Å². The summed E-state index contributed by atoms with van der Waals surface area (Å²) >= 11 is 0. The second kappa shape index (κ2) is 9.50. The van der Waals surface area contributed by atoms with Gasteiger partial charge in [-0.15, -0.1) is 0 Å². The summed E-state index contributed by atoms with van der Waals surface area (Å²) in [5.74, 6) is 0.486. The van der Waals surface area contributed by atoms with Crippen LogP contribution in [0.25, 0.3) is 6.08 Å². The van der Waals surface area contributed by atoms with E-state index in [1.807, 2.05) is 25.1 Å². The Labute approximate surface area is 201 Å². The van der Waals surface area contributed by atoms with E-state index in [-0.39, 0.29) is 24.3 Å². The van der Waals surface area contributed by atoms with Crippen LogP contribution in [0.4, 0.5) is 10.1 Å². The number of carbonyl (C=O) groups is 2. The van der Waals surface area contributed by atoms with Crippen LogP contribution in [0, 0.1) is 5.82 Å². The van der Waals surface area contributed by atoms with E-state index in [1.54, 1.807) is 36.4 Å². The molecule has 0 fully saturated rings. The van der Waals surface area contributed by atoms with Gasteiger partial charge in [0.1, 0.15) is 25.6 Å². The average molecular weight is 474 g/mol. The van der Waals surface area contributed by atoms with Crippen LogP contribution in [-0.4, -0.2) is 31.6 Å². The molecule has 1 unspecified atom stereocenters. The number of benzene rings is 3. The van der Waals surface area contributed by atoms with Crippen LogP contribution in [-0.2, 0) is 9.59 Å². The first-order valence-electron chi connectivity index (χ1n) is 11.2. The van der Waals surface area contributed by atoms with Crippen molar-refractivity contribution in [3.8, 4) is 17.2 Å². The van der Waals surface area contributed by atoms with Crippen molar-refractivity contribution >= 4 is 23.6 Å². The lowest BCUT2D eigenvalue weighted by Crippen LogP contribution is -2.44. The molecule has 3 aromatic carbocycles. The highest BCUT2D eigenvalue weighted by atomic mass is 19.1. The lowest BCUT2D eigenvalue weighted by atomic mass is 10.1. The van der Waals surface area contributed by atoms with Crippen molar-refractivity contribution in [3.05, 3.63) is 89.4 Å². The maximum Gasteiger partial charge on any atom is 0.294 e. The Balaban J connectivity index is 1.35. The SMILES string of the molecule is CC(NC(=O)CN1C(=O)C(=Cc2cccc(F)c2)Oc2ccccc21)c1ccc2c(c1)OCCO2. The zero-order valence-electron chi connectivity index (χ0n) is 19.0. The molecule has 3 aromatic rings. The third-order valence-corrected chi connectivity index (χ3v) is 5.72. The van der Waals surface area contributed by atoms with Crippen LogP contribution in [0.5, 0.6) is 17.2 Å². The molecule has 7 nitrogen and oxygen atoms in total. The number of halogens is 1. The average Bonchev–Trinajstić information content (AvgIpc) is 2.86. The second-order valence-electron chi connectivity index (χ2n) is 8.22. The van der Waals surface area contributed by atoms with Gasteiger partial charge >= 0.3 is 0 Å². The van der Waals surface area contributed by atoms with Crippen molar-refractivity contribution in [1.82, 2.24) is 5.32 Å². The van der Waals surface area contributed by atoms with E-state index >= 15 is 0 Å². The fourth-order valence-corrected chi connectivity index (χ4v) is 4.01. The van der Waals surface area contributed by atoms with Crippen molar-refractivity contribution in [2.45, 2.75) is 13.0 Å². The molecular formula is C27H23FN2O5. The molecule has 2 aliphatic heterocycles. The predicted octanol–water partition coefficient (Wildman–Crippen LogP) is 4.24. The van der Waals surface area contributed by atoms with Crippen LogP contribution < -0.4 is 24.4 Å². The lowest BCUT2D eigenvalue weighted by Gasteiger charge is -2.30. The van der Waals surface area contributed by atoms with Gasteiger partial charge in [-0.05, 0) is 60.5 Å². The molecule has 0 saturated heterocycles. The van der Waals surface area contributed by atoms with E-state index in [0.29, 0.717) is 41.7 Å². The molecule has 0 aromatic heterocycles. The maximum absolute atomic E-state index is 13.6. The number of anilines is 1. The minimum absolute atomic E-state index is 0.00184. The van der Waals surface area contributed by atoms with Crippen LogP contribution in [0.15, 0.2) is 72.5 Å². The van der Waals surface area contributed by atoms with Crippen LogP contribution in [0.2, 0.25) is 0 Å². The third-order valence-electron chi connectivity index (χ3n) is 5.72. The molecule has 5 rings (SSSR count). The smallest absolute Gasteiger partial charge is 0.294 e. The van der Waals surface area contributed by atoms with E-state index in [0.717, 1.165) is 5.56 Å². The zero-order chi connectivity index (χ0) is 24.4. The molecule has 0 saturated carbocycles. The monoisotopic (exact) mass is 474 g/mol. The maximum atomic E-state index is 13.6. The molecular weight excluding hydrogens is 451 g/mol. The molecule has 2 amide bonds. The van der Waals surface area contributed by atoms with Crippen LogP contribution in [0.3, 0.4) is 0 Å². The van der Waals surface area contributed by atoms with Crippen molar-refractivity contribution in [2.24, 2.45) is 0 Å². The Morgan fingerprint density at radius 2 is 1.83 bits per heavy atom. The number of ether oxygens (including phenoxy) is 3. The van der Waals surface area contributed by atoms with E-state index in [1.165, 1.54) is 23.1 Å². The van der Waals surface area contributed by atoms with Gasteiger partial charge in [0, 0.05) is 0 Å². The van der Waals surface area contributed by atoms with Gasteiger partial charge in [-0.1, -0.05) is 30.3 Å². The number of fused-ring (bicyclic) bond motifs is 2. The van der Waals surface area contributed by atoms with Crippen LogP contribution >= 0.6 is 0 Å². The molecule has 0 spiro atoms. The fraction of sp³-hybridized carbons (Fsp3) is 0.185. The standard InChI is InChI=1S/C27H23FN2O5/c1-17(19-9-10-23-24(15-19)34-12-11-33-23)29-26(31)16-30-21-7-2-3-8-22(21)35-25(27(30)32)14-18-5-4-6-20(28)13-18/h2-10,13-15,17H,11-12,16H2,1H3,(H,29,31). The number of hydrogen-bond donors (Lipinski definition) is 1. The summed E-state index contributed by atoms with van der Waals surface area (Å²) in [5, 5.41) is 2.93. The highest BCUT2D eigenvalue weighted by molar-refractivity contribution is 6.12. The number of nitrogens with one attached hydrogen (secondary N) is 1. The zero-order valence-corrected chi connectivity index (χ0v) is 19.0. The molecule has 0 radical (unpaired) electrons. The molecule has 1 atom stereocenters. The molecule has 0 aliphatic carbocycles. The number of para-hydroxylation sites is 2. The molecule has 2 heterocycles. The molecule has 35 heavy (non-hydrogen) atoms. The van der Waals surface area contributed by atoms with Crippen molar-refractivity contribution in [3.63, 3.8) is 0 Å². The Hall–Kier alpha value is -4.33. The van der Waals surface area contributed by atoms with E-state index in [4.69, 9.17) is 14.2 Å². The molecule has 0 bridgehead atoms. The number of carbonyl (C=O) groups excluding carboxylic acids is 2. The van der Waals surface area contributed by atoms with Crippen molar-refractivity contribution in [1.29, 1.82) is 0 Å². The molecule has 1 N–H and O–H groups in total. The van der Waals surface area contributed by atoms with Gasteiger partial charge in [-0.2, -0.15) is 0 Å². The lowest BCUT2D eigenvalue weighted by molar-refractivity contribution is -0.123. The quantitative estimate of drug-likeness (QED) is 0.560. The minimum atomic E-state index is -0.491. The predicted molar refractivity (Wildman–Crippen MR) is 128 cm³/mol. The first-order valence-corrected chi connectivity index (χ1v) is 11.2. The van der Waals surface area contributed by atoms with Gasteiger partial charge in [-0.25, -0.2) is 4.39 Å². The summed E-state index contributed by atoms with van der Waals surface area (Å²) in [4.78, 5) is 27.6. The van der Waals surface area contributed by atoms with Crippen LogP contribution in [0.1, 0.15) is 24.1 Å². The summed E-state index contributed by atoms with van der Waals surface area (Å²) in [7, 11) is 0. The van der Waals surface area contributed by atoms with E-state index in [2.05, 4.69) is 5.32 Å². The van der Waals surface area contributed by atoms with Gasteiger partial charge in [0.05, 0.1) is 11.7 Å². The van der Waals surface area contributed by atoms with Gasteiger partial charge in [0.2, 0.25) is 5.91 Å². The highest BCUT2D eigenvalue weighted by Gasteiger charge is 2.32. The first-order chi connectivity index (χ1) is 17.0. The number of nitrogens with zero attached hydrogens (tertiary/aromatic N) is 1. The van der Waals surface area contributed by atoms with Gasteiger partial charge in [0.15, 0.2) is 23.0 Å². The van der Waals surface area contributed by atoms with Crippen molar-refractivity contribution < 1.29 is 28.2 Å². The Morgan fingerprint density at radius 3 is 2.66 bits per heavy atom. The molecule has 8 heteroatoms. The summed E-state index contributed by atoms with van der Waals surface area (Å²) in [5.41, 5.74) is 1.81. The minimum Gasteiger partial charge on any atom is -0.486 e. The van der Waals surface area contributed by atoms with E-state index < -0.39 is 11.7 Å². The summed E-state index contributed by atoms with van der Waals surface area (Å²) in [6.07, 6.45) is 1.46. The number of amides is 2. The normalized spacial score (nSPS) is 16.3. The summed E-state index contributed by atoms with van der Waals surface area (Å²) in [6.45, 7) is 2.62. The summed E-state index contributed by atoms with van der Waals surface area (Å²) in [6, 6.07) is 18.0. The topological polar surface area (TPSA) is 77.1 Å². The Bertz CT molecular complexity index is 1320.